The average molecular weight is 378 g/mol. The highest BCUT2D eigenvalue weighted by Crippen LogP contribution is 2.31. The summed E-state index contributed by atoms with van der Waals surface area (Å²) in [4.78, 5) is 0. The molecular weight excluding hydrogens is 358 g/mol. The van der Waals surface area contributed by atoms with Crippen molar-refractivity contribution in [1.29, 1.82) is 0 Å². The predicted octanol–water partition coefficient (Wildman–Crippen LogP) is -0.0257. The molecule has 0 saturated carbocycles. The van der Waals surface area contributed by atoms with E-state index in [2.05, 4.69) is 35.6 Å². The topological polar surface area (TPSA) is 116 Å². The van der Waals surface area contributed by atoms with Crippen LogP contribution in [0.4, 0.5) is 0 Å². The molecule has 0 aliphatic heterocycles. The first kappa shape index (κ1) is 21.7. The maximum Gasteiger partial charge on any atom is 0.367 e. The Hall–Kier alpha value is -2.32. The molecule has 0 fully saturated rings. The van der Waals surface area contributed by atoms with Gasteiger partial charge in [-0.3, -0.25) is 0 Å². The highest BCUT2D eigenvalue weighted by Gasteiger charge is 2.17. The zero-order valence-electron chi connectivity index (χ0n) is 14.4. The Balaban J connectivity index is 0.000000361. The molecule has 1 aromatic heterocycles. The molecule has 0 unspecified atom stereocenters. The van der Waals surface area contributed by atoms with Crippen LogP contribution in [0.25, 0.3) is 22.5 Å². The van der Waals surface area contributed by atoms with Crippen LogP contribution >= 0.6 is 0 Å². The van der Waals surface area contributed by atoms with E-state index in [9.17, 15) is 0 Å². The number of hydrogen-bond acceptors (Lipinski definition) is 5. The van der Waals surface area contributed by atoms with Gasteiger partial charge in [0.2, 0.25) is 0 Å². The lowest BCUT2D eigenvalue weighted by molar-refractivity contribution is -2.00. The molecule has 0 atom stereocenters. The highest BCUT2D eigenvalue weighted by atomic mass is 35.7. The van der Waals surface area contributed by atoms with Crippen molar-refractivity contribution in [2.24, 2.45) is 0 Å². The normalized spacial score (nSPS) is 10.1. The second-order valence-corrected chi connectivity index (χ2v) is 5.72. The van der Waals surface area contributed by atoms with E-state index in [0.717, 1.165) is 16.9 Å². The van der Waals surface area contributed by atoms with Crippen molar-refractivity contribution in [2.45, 2.75) is 0 Å². The first-order valence-electron chi connectivity index (χ1n) is 7.58. The van der Waals surface area contributed by atoms with Gasteiger partial charge in [0.15, 0.2) is 0 Å². The molecule has 138 valence electrons. The number of nitrogens with one attached hydrogen (secondary N) is 1. The van der Waals surface area contributed by atoms with Crippen molar-refractivity contribution in [2.75, 3.05) is 14.1 Å². The molecule has 0 radical (unpaired) electrons. The summed E-state index contributed by atoms with van der Waals surface area (Å²) in [7, 11) is -1.19. The van der Waals surface area contributed by atoms with Crippen LogP contribution in [0.5, 0.6) is 0 Å². The Bertz CT molecular complexity index is 684. The predicted molar refractivity (Wildman–Crippen MR) is 89.0 cm³/mol. The van der Waals surface area contributed by atoms with Crippen LogP contribution in [0, 0.1) is 10.2 Å². The van der Waals surface area contributed by atoms with E-state index < -0.39 is 10.2 Å². The summed E-state index contributed by atoms with van der Waals surface area (Å²) >= 11 is 0. The van der Waals surface area contributed by atoms with Crippen LogP contribution in [0.15, 0.2) is 83.5 Å². The van der Waals surface area contributed by atoms with Gasteiger partial charge < -0.3 is 5.32 Å². The van der Waals surface area contributed by atoms with E-state index in [1.807, 2.05) is 56.6 Å². The third-order valence-electron chi connectivity index (χ3n) is 2.89. The smallest absolute Gasteiger partial charge is 0.323 e. The molecular formula is C19H20ClNO5. The Kier molecular flexibility index (Phi) is 9.46. The van der Waals surface area contributed by atoms with Gasteiger partial charge in [0.05, 0.1) is 11.1 Å². The summed E-state index contributed by atoms with van der Waals surface area (Å²) < 4.78 is 39.7. The van der Waals surface area contributed by atoms with Gasteiger partial charge in [0.25, 0.3) is 0 Å². The monoisotopic (exact) mass is 377 g/mol. The number of hydrogen-bond donors (Lipinski definition) is 1. The Morgan fingerprint density at radius 2 is 1.12 bits per heavy atom. The molecule has 0 spiro atoms. The molecule has 2 aromatic carbocycles. The quantitative estimate of drug-likeness (QED) is 0.627. The molecule has 3 rings (SSSR count). The number of halogens is 1. The van der Waals surface area contributed by atoms with E-state index in [1.54, 1.807) is 6.26 Å². The maximum atomic E-state index is 8.49. The molecule has 6 nitrogen and oxygen atoms in total. The van der Waals surface area contributed by atoms with Crippen LogP contribution in [-0.2, 0) is 0 Å². The summed E-state index contributed by atoms with van der Waals surface area (Å²) in [5.41, 5.74) is 3.38. The van der Waals surface area contributed by atoms with Crippen LogP contribution in [-0.4, -0.2) is 14.1 Å². The summed E-state index contributed by atoms with van der Waals surface area (Å²) in [5, 5.41) is 2.75. The number of rotatable bonds is 2. The molecule has 1 heterocycles. The van der Waals surface area contributed by atoms with Gasteiger partial charge in [-0.2, -0.15) is 0 Å². The fourth-order valence-corrected chi connectivity index (χ4v) is 2.04. The average Bonchev–Trinajstić information content (AvgIpc) is 2.63. The molecule has 0 aliphatic carbocycles. The molecule has 7 heteroatoms. The minimum absolute atomic E-state index is 0.907. The van der Waals surface area contributed by atoms with E-state index >= 15 is 0 Å². The van der Waals surface area contributed by atoms with Crippen molar-refractivity contribution >= 4 is 0 Å². The van der Waals surface area contributed by atoms with E-state index in [4.69, 9.17) is 23.1 Å². The fraction of sp³-hybridized carbons (Fsp3) is 0.105. The van der Waals surface area contributed by atoms with Gasteiger partial charge in [-0.25, -0.2) is 23.1 Å². The SMILES string of the molecule is CNC.[O-][Cl+3]([O-])([O-])[O-].c1ccc(-c2ccc[o+]c2-c2ccccc2)cc1. The second-order valence-electron chi connectivity index (χ2n) is 4.97. The van der Waals surface area contributed by atoms with Crippen LogP contribution in [0.3, 0.4) is 0 Å². The highest BCUT2D eigenvalue weighted by molar-refractivity contribution is 5.79. The van der Waals surface area contributed by atoms with Crippen LogP contribution in [0.2, 0.25) is 0 Å². The van der Waals surface area contributed by atoms with Gasteiger partial charge in [-0.05, 0) is 37.9 Å². The van der Waals surface area contributed by atoms with Crippen LogP contribution in [0.1, 0.15) is 0 Å². The molecule has 26 heavy (non-hydrogen) atoms. The zero-order chi connectivity index (χ0) is 19.4. The summed E-state index contributed by atoms with van der Waals surface area (Å²) in [6.07, 6.45) is 1.72. The maximum absolute atomic E-state index is 8.49. The lowest BCUT2D eigenvalue weighted by atomic mass is 10.0. The van der Waals surface area contributed by atoms with Gasteiger partial charge in [-0.15, -0.1) is 10.2 Å². The minimum atomic E-state index is -4.94. The third-order valence-corrected chi connectivity index (χ3v) is 2.89. The molecule has 0 bridgehead atoms. The first-order valence-corrected chi connectivity index (χ1v) is 8.82. The first-order chi connectivity index (χ1) is 12.4. The van der Waals surface area contributed by atoms with Gasteiger partial charge in [-0.1, -0.05) is 48.5 Å². The molecule has 3 aromatic rings. The second kappa shape index (κ2) is 11.3. The Morgan fingerprint density at radius 3 is 1.58 bits per heavy atom. The largest absolute Gasteiger partial charge is 0.367 e. The third kappa shape index (κ3) is 8.68. The van der Waals surface area contributed by atoms with Crippen molar-refractivity contribution in [3.05, 3.63) is 79.1 Å². The molecule has 0 saturated heterocycles. The van der Waals surface area contributed by atoms with Gasteiger partial charge in [0, 0.05) is 6.07 Å². The lowest BCUT2D eigenvalue weighted by Gasteiger charge is -2.17. The van der Waals surface area contributed by atoms with E-state index in [-0.39, 0.29) is 0 Å². The summed E-state index contributed by atoms with van der Waals surface area (Å²) in [6.45, 7) is 0. The van der Waals surface area contributed by atoms with Crippen LogP contribution < -0.4 is 24.0 Å². The lowest BCUT2D eigenvalue weighted by Crippen LogP contribution is -2.68. The molecule has 0 aliphatic rings. The zero-order valence-corrected chi connectivity index (χ0v) is 15.2. The Labute approximate surface area is 154 Å². The van der Waals surface area contributed by atoms with Crippen molar-refractivity contribution in [3.63, 3.8) is 0 Å². The number of benzene rings is 2. The van der Waals surface area contributed by atoms with Crippen molar-refractivity contribution in [3.8, 4) is 22.5 Å². The standard InChI is InChI=1S/C17H13O.C2H7N.ClHO4/c1-3-8-14(9-4-1)16-12-7-13-18-17(16)15-10-5-2-6-11-15;1-3-2;2-1(3,4)5/h1-13H;3H,1-2H3;(H,2,3,4,5)/q+1;;/p-1. The van der Waals surface area contributed by atoms with Gasteiger partial charge in [0.1, 0.15) is 0 Å². The van der Waals surface area contributed by atoms with E-state index in [0.29, 0.717) is 0 Å². The van der Waals surface area contributed by atoms with Crippen molar-refractivity contribution < 1.29 is 33.3 Å². The molecule has 1 N–H and O–H groups in total. The van der Waals surface area contributed by atoms with E-state index in [1.165, 1.54) is 5.56 Å². The minimum Gasteiger partial charge on any atom is -0.323 e. The Morgan fingerprint density at radius 1 is 0.692 bits per heavy atom. The summed E-state index contributed by atoms with van der Waals surface area (Å²) in [6, 6.07) is 24.5. The summed E-state index contributed by atoms with van der Waals surface area (Å²) in [5.74, 6) is 0.907. The molecule has 0 amide bonds. The van der Waals surface area contributed by atoms with Gasteiger partial charge >= 0.3 is 12.0 Å². The van der Waals surface area contributed by atoms with Crippen molar-refractivity contribution in [1.82, 2.24) is 5.32 Å². The fourth-order valence-electron chi connectivity index (χ4n) is 2.04.